The fraction of sp³-hybridized carbons (Fsp3) is 0.0769. The maximum Gasteiger partial charge on any atom is 0.339 e. The second kappa shape index (κ2) is 6.53. The van der Waals surface area contributed by atoms with Gasteiger partial charge in [-0.2, -0.15) is 8.42 Å². The van der Waals surface area contributed by atoms with Crippen LogP contribution in [0.5, 0.6) is 11.5 Å². The van der Waals surface area contributed by atoms with E-state index in [1.54, 1.807) is 0 Å². The minimum absolute atomic E-state index is 0.146. The molecule has 1 N–H and O–H groups in total. The molecule has 0 aliphatic rings. The number of phenolic OH excluding ortho intramolecular Hbond substituents is 1. The molecule has 0 fully saturated rings. The van der Waals surface area contributed by atoms with Crippen molar-refractivity contribution in [3.05, 3.63) is 61.1 Å². The topological polar surface area (TPSA) is 150 Å². The Labute approximate surface area is 145 Å². The molecule has 0 saturated heterocycles. The zero-order chi connectivity index (χ0) is 18.9. The van der Waals surface area contributed by atoms with Gasteiger partial charge in [0, 0.05) is 6.07 Å². The maximum absolute atomic E-state index is 12.3. The van der Waals surface area contributed by atoms with Gasteiger partial charge < -0.3 is 9.29 Å². The highest BCUT2D eigenvalue weighted by Gasteiger charge is 2.27. The van der Waals surface area contributed by atoms with Gasteiger partial charge in [0.15, 0.2) is 0 Å². The number of aryl methyl sites for hydroxylation is 1. The first-order valence-corrected chi connectivity index (χ1v) is 8.18. The van der Waals surface area contributed by atoms with Crippen molar-refractivity contribution in [1.82, 2.24) is 0 Å². The highest BCUT2D eigenvalue weighted by molar-refractivity contribution is 7.87. The van der Waals surface area contributed by atoms with Crippen LogP contribution in [0.3, 0.4) is 0 Å². The molecule has 0 saturated carbocycles. The summed E-state index contributed by atoms with van der Waals surface area (Å²) in [5.41, 5.74) is -1.34. The Morgan fingerprint density at radius 2 is 1.76 bits per heavy atom. The monoisotopic (exact) mass is 388 g/mol. The Morgan fingerprint density at radius 3 is 2.28 bits per heavy atom. The van der Waals surface area contributed by atoms with E-state index in [1.807, 2.05) is 0 Å². The lowest BCUT2D eigenvalue weighted by molar-refractivity contribution is -0.394. The number of nitro groups is 2. The van der Waals surface area contributed by atoms with E-state index in [9.17, 15) is 33.8 Å². The highest BCUT2D eigenvalue weighted by atomic mass is 35.5. The predicted molar refractivity (Wildman–Crippen MR) is 85.4 cm³/mol. The van der Waals surface area contributed by atoms with E-state index in [0.717, 1.165) is 24.3 Å². The second-order valence-electron chi connectivity index (χ2n) is 4.77. The van der Waals surface area contributed by atoms with E-state index in [1.165, 1.54) is 6.92 Å². The first kappa shape index (κ1) is 18.4. The molecule has 0 unspecified atom stereocenters. The van der Waals surface area contributed by atoms with Crippen molar-refractivity contribution in [1.29, 1.82) is 0 Å². The fourth-order valence-electron chi connectivity index (χ4n) is 1.85. The van der Waals surface area contributed by atoms with Gasteiger partial charge in [-0.05, 0) is 30.7 Å². The summed E-state index contributed by atoms with van der Waals surface area (Å²) < 4.78 is 29.3. The average molecular weight is 389 g/mol. The molecule has 132 valence electrons. The molecule has 0 heterocycles. The van der Waals surface area contributed by atoms with Gasteiger partial charge in [-0.15, -0.1) is 0 Å². The molecule has 0 radical (unpaired) electrons. The van der Waals surface area contributed by atoms with Gasteiger partial charge in [0.1, 0.15) is 10.6 Å². The Kier molecular flexibility index (Phi) is 4.81. The van der Waals surface area contributed by atoms with Crippen LogP contribution in [-0.4, -0.2) is 23.4 Å². The summed E-state index contributed by atoms with van der Waals surface area (Å²) in [5, 5.41) is 31.0. The third kappa shape index (κ3) is 3.78. The summed E-state index contributed by atoms with van der Waals surface area (Å²) in [4.78, 5) is 19.4. The highest BCUT2D eigenvalue weighted by Crippen LogP contribution is 2.35. The van der Waals surface area contributed by atoms with Gasteiger partial charge in [0.2, 0.25) is 5.75 Å². The van der Waals surface area contributed by atoms with E-state index in [4.69, 9.17) is 15.8 Å². The van der Waals surface area contributed by atoms with E-state index in [2.05, 4.69) is 0 Å². The number of aromatic hydroxyl groups is 1. The number of non-ortho nitro benzene ring substituents is 1. The van der Waals surface area contributed by atoms with Crippen molar-refractivity contribution < 1.29 is 27.6 Å². The number of phenols is 1. The largest absolute Gasteiger partial charge is 0.506 e. The van der Waals surface area contributed by atoms with E-state index in [-0.39, 0.29) is 16.3 Å². The first-order chi connectivity index (χ1) is 11.5. The van der Waals surface area contributed by atoms with Crippen molar-refractivity contribution in [3.63, 3.8) is 0 Å². The van der Waals surface area contributed by atoms with Gasteiger partial charge in [0.25, 0.3) is 5.69 Å². The SMILES string of the molecule is Cc1cc(S(=O)(=O)Oc2ccc([N+](=O)[O-])cc2[N+](=O)[O-])cc(Cl)c1O. The Morgan fingerprint density at radius 1 is 1.12 bits per heavy atom. The molecule has 10 nitrogen and oxygen atoms in total. The number of rotatable bonds is 5. The van der Waals surface area contributed by atoms with Crippen LogP contribution >= 0.6 is 11.6 Å². The quantitative estimate of drug-likeness (QED) is 0.466. The maximum atomic E-state index is 12.3. The van der Waals surface area contributed by atoms with Crippen LogP contribution < -0.4 is 4.18 Å². The number of hydrogen-bond acceptors (Lipinski definition) is 8. The molecule has 2 aromatic carbocycles. The molecular formula is C13H9ClN2O8S. The summed E-state index contributed by atoms with van der Waals surface area (Å²) in [6, 6.07) is 4.24. The fourth-order valence-corrected chi connectivity index (χ4v) is 3.24. The number of hydrogen-bond donors (Lipinski definition) is 1. The van der Waals surface area contributed by atoms with Crippen molar-refractivity contribution in [2.75, 3.05) is 0 Å². The number of benzene rings is 2. The van der Waals surface area contributed by atoms with Gasteiger partial charge in [-0.1, -0.05) is 11.6 Å². The van der Waals surface area contributed by atoms with Crippen LogP contribution in [0.15, 0.2) is 35.2 Å². The molecule has 0 bridgehead atoms. The smallest absolute Gasteiger partial charge is 0.339 e. The standard InChI is InChI=1S/C13H9ClN2O8S/c1-7-4-9(6-10(14)13(7)17)25(22,23)24-12-3-2-8(15(18)19)5-11(12)16(20)21/h2-6,17H,1H3. The molecule has 0 aliphatic heterocycles. The molecule has 0 spiro atoms. The molecule has 25 heavy (non-hydrogen) atoms. The summed E-state index contributed by atoms with van der Waals surface area (Å²) in [7, 11) is -4.53. The molecule has 0 aliphatic carbocycles. The lowest BCUT2D eigenvalue weighted by atomic mass is 10.2. The van der Waals surface area contributed by atoms with Crippen LogP contribution in [-0.2, 0) is 10.1 Å². The lowest BCUT2D eigenvalue weighted by Crippen LogP contribution is -2.11. The summed E-state index contributed by atoms with van der Waals surface area (Å²) in [6.45, 7) is 1.40. The molecular weight excluding hydrogens is 380 g/mol. The van der Waals surface area contributed by atoms with E-state index in [0.29, 0.717) is 6.07 Å². The summed E-state index contributed by atoms with van der Waals surface area (Å²) in [5.74, 6) is -1.01. The Bertz CT molecular complexity index is 967. The van der Waals surface area contributed by atoms with Crippen molar-refractivity contribution in [2.45, 2.75) is 11.8 Å². The third-order valence-electron chi connectivity index (χ3n) is 3.07. The zero-order valence-corrected chi connectivity index (χ0v) is 13.9. The van der Waals surface area contributed by atoms with Crippen LogP contribution in [0.1, 0.15) is 5.56 Å². The number of halogens is 1. The molecule has 2 aromatic rings. The van der Waals surface area contributed by atoms with E-state index >= 15 is 0 Å². The molecule has 0 aromatic heterocycles. The summed E-state index contributed by atoms with van der Waals surface area (Å²) >= 11 is 5.71. The second-order valence-corrected chi connectivity index (χ2v) is 6.73. The van der Waals surface area contributed by atoms with Gasteiger partial charge in [-0.25, -0.2) is 0 Å². The molecule has 0 amide bonds. The van der Waals surface area contributed by atoms with Crippen molar-refractivity contribution >= 4 is 33.1 Å². The normalized spacial score (nSPS) is 11.1. The van der Waals surface area contributed by atoms with Gasteiger partial charge in [0.05, 0.1) is 20.9 Å². The van der Waals surface area contributed by atoms with Crippen LogP contribution in [0.2, 0.25) is 5.02 Å². The predicted octanol–water partition coefficient (Wildman–Crippen LogP) is 2.94. The van der Waals surface area contributed by atoms with Crippen LogP contribution in [0.4, 0.5) is 11.4 Å². The number of nitro benzene ring substituents is 2. The Balaban J connectivity index is 2.51. The molecule has 0 atom stereocenters. The van der Waals surface area contributed by atoms with Crippen LogP contribution in [0, 0.1) is 27.2 Å². The molecule has 2 rings (SSSR count). The van der Waals surface area contributed by atoms with Gasteiger partial charge in [-0.3, -0.25) is 20.2 Å². The van der Waals surface area contributed by atoms with Crippen molar-refractivity contribution in [3.8, 4) is 11.5 Å². The minimum Gasteiger partial charge on any atom is -0.506 e. The first-order valence-electron chi connectivity index (χ1n) is 6.39. The molecule has 12 heteroatoms. The van der Waals surface area contributed by atoms with E-state index < -0.39 is 42.0 Å². The average Bonchev–Trinajstić information content (AvgIpc) is 2.51. The zero-order valence-electron chi connectivity index (χ0n) is 12.4. The Hall–Kier alpha value is -2.92. The summed E-state index contributed by atoms with van der Waals surface area (Å²) in [6.07, 6.45) is 0. The van der Waals surface area contributed by atoms with Crippen LogP contribution in [0.25, 0.3) is 0 Å². The third-order valence-corrected chi connectivity index (χ3v) is 4.57. The van der Waals surface area contributed by atoms with Crippen molar-refractivity contribution in [2.24, 2.45) is 0 Å². The lowest BCUT2D eigenvalue weighted by Gasteiger charge is -2.09. The minimum atomic E-state index is -4.53. The number of nitrogens with zero attached hydrogens (tertiary/aromatic N) is 2. The van der Waals surface area contributed by atoms with Gasteiger partial charge >= 0.3 is 15.8 Å².